The molecule has 0 aromatic rings. The molecule has 102 valence electrons. The summed E-state index contributed by atoms with van der Waals surface area (Å²) in [6.07, 6.45) is 2.14. The molecule has 0 radical (unpaired) electrons. The number of carbonyl (C=O) groups is 3. The van der Waals surface area contributed by atoms with Crippen LogP contribution < -0.4 is 0 Å². The first kappa shape index (κ1) is 16.1. The number of hydrogen-bond acceptors (Lipinski definition) is 6. The molecule has 0 aromatic heterocycles. The Hall–Kier alpha value is -1.85. The summed E-state index contributed by atoms with van der Waals surface area (Å²) in [4.78, 5) is 33.6. The van der Waals surface area contributed by atoms with Gasteiger partial charge in [-0.15, -0.1) is 6.58 Å². The molecule has 1 atom stereocenters. The Kier molecular flexibility index (Phi) is 8.26. The molecule has 0 N–H and O–H groups in total. The van der Waals surface area contributed by atoms with Crippen molar-refractivity contribution in [1.82, 2.24) is 0 Å². The van der Waals surface area contributed by atoms with Gasteiger partial charge in [-0.1, -0.05) is 6.08 Å². The maximum absolute atomic E-state index is 11.5. The van der Waals surface area contributed by atoms with Crippen molar-refractivity contribution in [3.63, 3.8) is 0 Å². The molecule has 0 saturated heterocycles. The van der Waals surface area contributed by atoms with E-state index in [1.54, 1.807) is 13.0 Å². The van der Waals surface area contributed by atoms with Crippen molar-refractivity contribution in [2.45, 2.75) is 32.3 Å². The van der Waals surface area contributed by atoms with Crippen LogP contribution in [0.15, 0.2) is 12.7 Å². The summed E-state index contributed by atoms with van der Waals surface area (Å²) in [5.74, 6) is -3.01. The van der Waals surface area contributed by atoms with Crippen molar-refractivity contribution < 1.29 is 28.6 Å². The maximum Gasteiger partial charge on any atom is 0.418 e. The summed E-state index contributed by atoms with van der Waals surface area (Å²) in [6, 6.07) is 0. The Morgan fingerprint density at radius 1 is 1.28 bits per heavy atom. The van der Waals surface area contributed by atoms with Crippen molar-refractivity contribution in [1.29, 1.82) is 0 Å². The first-order chi connectivity index (χ1) is 8.56. The minimum Gasteiger partial charge on any atom is -0.463 e. The van der Waals surface area contributed by atoms with E-state index in [0.29, 0.717) is 12.8 Å². The summed E-state index contributed by atoms with van der Waals surface area (Å²) in [7, 11) is 1.06. The van der Waals surface area contributed by atoms with Crippen LogP contribution >= 0.6 is 0 Å². The van der Waals surface area contributed by atoms with Gasteiger partial charge in [-0.25, -0.2) is 14.4 Å². The molecule has 6 heteroatoms. The van der Waals surface area contributed by atoms with Gasteiger partial charge in [-0.2, -0.15) is 0 Å². The van der Waals surface area contributed by atoms with E-state index in [1.807, 2.05) is 0 Å². The van der Waals surface area contributed by atoms with Crippen molar-refractivity contribution in [2.75, 3.05) is 13.7 Å². The quantitative estimate of drug-likeness (QED) is 0.223. The third kappa shape index (κ3) is 6.03. The monoisotopic (exact) mass is 258 g/mol. The summed E-state index contributed by atoms with van der Waals surface area (Å²) in [6.45, 7) is 5.36. The fourth-order valence-electron chi connectivity index (χ4n) is 1.17. The third-order valence-corrected chi connectivity index (χ3v) is 2.03. The van der Waals surface area contributed by atoms with Gasteiger partial charge < -0.3 is 14.2 Å². The molecule has 0 heterocycles. The van der Waals surface area contributed by atoms with Crippen LogP contribution in [0.5, 0.6) is 0 Å². The fourth-order valence-corrected chi connectivity index (χ4v) is 1.17. The lowest BCUT2D eigenvalue weighted by atomic mass is 10.1. The van der Waals surface area contributed by atoms with Crippen LogP contribution in [0, 0.1) is 0 Å². The fraction of sp³-hybridized carbons (Fsp3) is 0.583. The van der Waals surface area contributed by atoms with E-state index in [0.717, 1.165) is 7.11 Å². The zero-order chi connectivity index (χ0) is 14.0. The Morgan fingerprint density at radius 3 is 2.44 bits per heavy atom. The second-order valence-corrected chi connectivity index (χ2v) is 3.36. The van der Waals surface area contributed by atoms with E-state index in [2.05, 4.69) is 11.3 Å². The number of hydrogen-bond donors (Lipinski definition) is 0. The van der Waals surface area contributed by atoms with E-state index < -0.39 is 24.0 Å². The van der Waals surface area contributed by atoms with Gasteiger partial charge in [0.1, 0.15) is 0 Å². The number of ether oxygens (including phenoxy) is 3. The van der Waals surface area contributed by atoms with Crippen LogP contribution in [-0.2, 0) is 28.6 Å². The van der Waals surface area contributed by atoms with Crippen molar-refractivity contribution in [3.05, 3.63) is 12.7 Å². The first-order valence-electron chi connectivity index (χ1n) is 5.63. The van der Waals surface area contributed by atoms with E-state index in [9.17, 15) is 14.4 Å². The molecule has 0 aliphatic heterocycles. The third-order valence-electron chi connectivity index (χ3n) is 2.03. The average Bonchev–Trinajstić information content (AvgIpc) is 2.36. The standard InChI is InChI=1S/C12H18O6/c1-4-6-7-8-9(10(13)17-5-2)18-12(15)11(14)16-3/h4,9H,1,5-8H2,2-3H3. The van der Waals surface area contributed by atoms with E-state index >= 15 is 0 Å². The van der Waals surface area contributed by atoms with E-state index in [4.69, 9.17) is 9.47 Å². The lowest BCUT2D eigenvalue weighted by Gasteiger charge is -2.15. The highest BCUT2D eigenvalue weighted by Gasteiger charge is 2.27. The van der Waals surface area contributed by atoms with Crippen LogP contribution in [0.1, 0.15) is 26.2 Å². The van der Waals surface area contributed by atoms with Crippen molar-refractivity contribution >= 4 is 17.9 Å². The van der Waals surface area contributed by atoms with E-state index in [-0.39, 0.29) is 13.0 Å². The van der Waals surface area contributed by atoms with Crippen LogP contribution in [0.2, 0.25) is 0 Å². The Morgan fingerprint density at radius 2 is 1.94 bits per heavy atom. The topological polar surface area (TPSA) is 78.9 Å². The minimum absolute atomic E-state index is 0.173. The van der Waals surface area contributed by atoms with Gasteiger partial charge in [-0.05, 0) is 26.2 Å². The predicted octanol–water partition coefficient (Wildman–Crippen LogP) is 0.991. The molecule has 0 aliphatic rings. The van der Waals surface area contributed by atoms with Gasteiger partial charge in [0, 0.05) is 0 Å². The molecule has 0 bridgehead atoms. The highest BCUT2D eigenvalue weighted by atomic mass is 16.6. The minimum atomic E-state index is -1.20. The number of unbranched alkanes of at least 4 members (excludes halogenated alkanes) is 1. The number of carbonyl (C=O) groups excluding carboxylic acids is 3. The molecular formula is C12H18O6. The molecule has 0 fully saturated rings. The lowest BCUT2D eigenvalue weighted by molar-refractivity contribution is -0.176. The van der Waals surface area contributed by atoms with Gasteiger partial charge in [-0.3, -0.25) is 0 Å². The van der Waals surface area contributed by atoms with Crippen LogP contribution in [0.25, 0.3) is 0 Å². The molecule has 1 unspecified atom stereocenters. The Bertz CT molecular complexity index is 310. The molecule has 18 heavy (non-hydrogen) atoms. The largest absolute Gasteiger partial charge is 0.463 e. The Balaban J connectivity index is 4.45. The molecule has 0 aromatic carbocycles. The summed E-state index contributed by atoms with van der Waals surface area (Å²) < 4.78 is 13.7. The number of allylic oxidation sites excluding steroid dienone is 1. The van der Waals surface area contributed by atoms with Gasteiger partial charge in [0.25, 0.3) is 0 Å². The molecule has 0 aliphatic carbocycles. The maximum atomic E-state index is 11.5. The Labute approximate surface area is 106 Å². The zero-order valence-electron chi connectivity index (χ0n) is 10.6. The first-order valence-corrected chi connectivity index (χ1v) is 5.63. The van der Waals surface area contributed by atoms with Crippen LogP contribution in [0.3, 0.4) is 0 Å². The highest BCUT2D eigenvalue weighted by Crippen LogP contribution is 2.08. The molecule has 0 rings (SSSR count). The molecule has 0 spiro atoms. The molecule has 6 nitrogen and oxygen atoms in total. The van der Waals surface area contributed by atoms with Gasteiger partial charge in [0.2, 0.25) is 0 Å². The smallest absolute Gasteiger partial charge is 0.418 e. The number of rotatable bonds is 7. The van der Waals surface area contributed by atoms with Gasteiger partial charge in [0.15, 0.2) is 6.10 Å². The van der Waals surface area contributed by atoms with Gasteiger partial charge >= 0.3 is 17.9 Å². The summed E-state index contributed by atoms with van der Waals surface area (Å²) in [5.41, 5.74) is 0. The summed E-state index contributed by atoms with van der Waals surface area (Å²) in [5, 5.41) is 0. The number of esters is 3. The lowest BCUT2D eigenvalue weighted by Crippen LogP contribution is -2.32. The summed E-state index contributed by atoms with van der Waals surface area (Å²) >= 11 is 0. The van der Waals surface area contributed by atoms with Gasteiger partial charge in [0.05, 0.1) is 13.7 Å². The van der Waals surface area contributed by atoms with Crippen LogP contribution in [0.4, 0.5) is 0 Å². The highest BCUT2D eigenvalue weighted by molar-refractivity contribution is 6.29. The molecular weight excluding hydrogens is 240 g/mol. The zero-order valence-corrected chi connectivity index (χ0v) is 10.6. The predicted molar refractivity (Wildman–Crippen MR) is 62.6 cm³/mol. The SMILES string of the molecule is C=CCCCC(OC(=O)C(=O)OC)C(=O)OCC. The van der Waals surface area contributed by atoms with Crippen molar-refractivity contribution in [3.8, 4) is 0 Å². The average molecular weight is 258 g/mol. The normalized spacial score (nSPS) is 11.2. The second-order valence-electron chi connectivity index (χ2n) is 3.36. The second kappa shape index (κ2) is 9.21. The molecule has 0 saturated carbocycles. The van der Waals surface area contributed by atoms with Crippen molar-refractivity contribution in [2.24, 2.45) is 0 Å². The molecule has 0 amide bonds. The number of methoxy groups -OCH3 is 1. The van der Waals surface area contributed by atoms with Crippen LogP contribution in [-0.4, -0.2) is 37.7 Å². The van der Waals surface area contributed by atoms with E-state index in [1.165, 1.54) is 0 Å².